The summed E-state index contributed by atoms with van der Waals surface area (Å²) in [6.07, 6.45) is 16.6. The van der Waals surface area contributed by atoms with Gasteiger partial charge in [0.15, 0.2) is 0 Å². The van der Waals surface area contributed by atoms with Crippen LogP contribution < -0.4 is 10.5 Å². The molecule has 0 amide bonds. The van der Waals surface area contributed by atoms with Crippen LogP contribution in [0.25, 0.3) is 0 Å². The van der Waals surface area contributed by atoms with E-state index < -0.39 is 5.97 Å². The Morgan fingerprint density at radius 1 is 1.28 bits per heavy atom. The Morgan fingerprint density at radius 3 is 2.72 bits per heavy atom. The van der Waals surface area contributed by atoms with Crippen molar-refractivity contribution >= 4 is 24.9 Å². The number of hydrogen-bond acceptors (Lipinski definition) is 8. The van der Waals surface area contributed by atoms with Gasteiger partial charge in [0, 0.05) is 0 Å². The predicted molar refractivity (Wildman–Crippen MR) is 185 cm³/mol. The molecule has 1 aliphatic heterocycles. The van der Waals surface area contributed by atoms with Crippen molar-refractivity contribution in [3.05, 3.63) is 71.0 Å². The Balaban J connectivity index is 1.42. The molecule has 10 heteroatoms. The molecular weight excluding hydrogens is 579 g/mol. The molecule has 3 aliphatic rings. The van der Waals surface area contributed by atoms with E-state index in [1.54, 1.807) is 0 Å². The summed E-state index contributed by atoms with van der Waals surface area (Å²) in [5.41, 5.74) is 10.4. The summed E-state index contributed by atoms with van der Waals surface area (Å²) in [4.78, 5) is 22.7. The second-order valence-corrected chi connectivity index (χ2v) is 12.8. The normalized spacial score (nSPS) is 24.3. The van der Waals surface area contributed by atoms with Gasteiger partial charge in [-0.15, -0.1) is 0 Å². The van der Waals surface area contributed by atoms with Gasteiger partial charge < -0.3 is 5.11 Å². The molecule has 248 valence electrons. The molecule has 2 aliphatic carbocycles. The number of aliphatic imine (C=N–C) groups is 1. The monoisotopic (exact) mass is 630 g/mol. The average molecular weight is 631 g/mol. The number of carboxylic acid groups (broad SMARTS) is 1. The van der Waals surface area contributed by atoms with Crippen molar-refractivity contribution in [2.45, 2.75) is 91.6 Å². The third-order valence-electron chi connectivity index (χ3n) is 8.73. The zero-order valence-electron chi connectivity index (χ0n) is 28.0. The minimum absolute atomic E-state index is 0.0577. The van der Waals surface area contributed by atoms with E-state index in [1.807, 2.05) is 45.0 Å². The fourth-order valence-electron chi connectivity index (χ4n) is 6.38. The molecule has 1 atom stereocenters. The van der Waals surface area contributed by atoms with E-state index in [0.717, 1.165) is 61.9 Å². The van der Waals surface area contributed by atoms with Gasteiger partial charge in [-0.2, -0.15) is 0 Å². The Kier molecular flexibility index (Phi) is 13.1. The van der Waals surface area contributed by atoms with Crippen LogP contribution in [-0.4, -0.2) is 65.8 Å². The quantitative estimate of drug-likeness (QED) is 0.207. The Bertz CT molecular complexity index is 1370. The number of carbonyl (C=O) groups is 1. The number of pyridine rings is 1. The second kappa shape index (κ2) is 17.2. The number of hydrogen-bond donors (Lipinski definition) is 2. The zero-order chi connectivity index (χ0) is 33.1. The Morgan fingerprint density at radius 2 is 2.07 bits per heavy atom. The zero-order valence-corrected chi connectivity index (χ0v) is 28.0. The van der Waals surface area contributed by atoms with Crippen molar-refractivity contribution in [1.29, 1.82) is 0 Å². The van der Waals surface area contributed by atoms with Gasteiger partial charge in [-0.1, -0.05) is 0 Å². The summed E-state index contributed by atoms with van der Waals surface area (Å²) in [5, 5.41) is 9.15. The van der Waals surface area contributed by atoms with Crippen molar-refractivity contribution in [1.82, 2.24) is 9.88 Å². The number of aliphatic carboxylic acids is 1. The molecule has 0 bridgehead atoms. The summed E-state index contributed by atoms with van der Waals surface area (Å²) in [5.74, 6) is 2.21. The van der Waals surface area contributed by atoms with Crippen LogP contribution in [0.5, 0.6) is 5.88 Å². The number of rotatable bonds is 13. The standard InChI is InChI=1S/C36H51BN4O5/c1-5-6-9-31(44-21-19-29-8-7-10-32(39-29)46-24(2)3)40-36-34(25(4)38)35(37)41(20-22-45-36)30-17-15-28(16-18-30)27-13-11-26(12-14-27)23-33(42)43/h7-10,15,17-18,24,26-28,37H,5-6,11-14,16,19-23,38H2,1-4H3,(H,42,43)/b31-9-,34-25+,40-36+. The molecule has 0 spiro atoms. The van der Waals surface area contributed by atoms with Crippen molar-refractivity contribution in [3.63, 3.8) is 0 Å². The molecule has 2 heterocycles. The number of carboxylic acids is 1. The molecule has 1 saturated heterocycles. The number of ether oxygens (including phenoxy) is 3. The van der Waals surface area contributed by atoms with Crippen molar-refractivity contribution < 1.29 is 24.1 Å². The van der Waals surface area contributed by atoms with E-state index >= 15 is 0 Å². The van der Waals surface area contributed by atoms with Gasteiger partial charge >= 0.3 is 246 Å². The fourth-order valence-corrected chi connectivity index (χ4v) is 6.38. The first-order valence-electron chi connectivity index (χ1n) is 16.8. The van der Waals surface area contributed by atoms with Crippen LogP contribution >= 0.6 is 0 Å². The van der Waals surface area contributed by atoms with Crippen molar-refractivity contribution in [2.75, 3.05) is 19.8 Å². The molecule has 0 aromatic carbocycles. The summed E-state index contributed by atoms with van der Waals surface area (Å²) >= 11 is 0. The molecule has 2 fully saturated rings. The maximum absolute atomic E-state index is 11.1. The first-order valence-corrected chi connectivity index (χ1v) is 16.8. The van der Waals surface area contributed by atoms with Gasteiger partial charge in [-0.05, 0) is 13.8 Å². The summed E-state index contributed by atoms with van der Waals surface area (Å²) in [7, 11) is 4.45. The Hall–Kier alpha value is -3.82. The van der Waals surface area contributed by atoms with Crippen LogP contribution in [-0.2, 0) is 20.7 Å². The van der Waals surface area contributed by atoms with Crippen molar-refractivity contribution in [2.24, 2.45) is 28.5 Å². The van der Waals surface area contributed by atoms with E-state index in [0.29, 0.717) is 79.3 Å². The molecule has 0 radical (unpaired) electrons. The van der Waals surface area contributed by atoms with Gasteiger partial charge in [0.05, 0.1) is 6.10 Å². The molecule has 1 unspecified atom stereocenters. The topological polar surface area (TPSA) is 120 Å². The van der Waals surface area contributed by atoms with Crippen molar-refractivity contribution in [3.8, 4) is 5.88 Å². The number of nitrogens with zero attached hydrogens (tertiary/aromatic N) is 3. The first-order chi connectivity index (χ1) is 22.1. The number of allylic oxidation sites excluding steroid dienone is 5. The van der Waals surface area contributed by atoms with Crippen LogP contribution in [0.3, 0.4) is 0 Å². The van der Waals surface area contributed by atoms with Gasteiger partial charge in [0.1, 0.15) is 0 Å². The van der Waals surface area contributed by atoms with Crippen LogP contribution in [0.2, 0.25) is 0 Å². The van der Waals surface area contributed by atoms with Crippen LogP contribution in [0.1, 0.15) is 84.8 Å². The fraction of sp³-hybridized carbons (Fsp3) is 0.556. The predicted octanol–water partition coefficient (Wildman–Crippen LogP) is 5.80. The molecule has 4 rings (SSSR count). The molecule has 1 aromatic heterocycles. The van der Waals surface area contributed by atoms with Crippen LogP contribution in [0.4, 0.5) is 0 Å². The summed E-state index contributed by atoms with van der Waals surface area (Å²) < 4.78 is 18.1. The number of aromatic nitrogens is 1. The number of unbranched alkanes of at least 4 members (excludes halogenated alkanes) is 1. The van der Waals surface area contributed by atoms with E-state index in [-0.39, 0.29) is 6.10 Å². The minimum atomic E-state index is -0.683. The summed E-state index contributed by atoms with van der Waals surface area (Å²) in [6, 6.07) is 5.77. The maximum atomic E-state index is 11.1. The third kappa shape index (κ3) is 10.1. The SMILES string of the molecule is B=C1C(=C(/C)N)/C(=N\C(=C\CCC)OCCc2cccc(OC(C)C)n2)OCCN1C1=CCC(C2CCC(CC(=O)O)CC2)C=C1. The van der Waals surface area contributed by atoms with E-state index in [2.05, 4.69) is 42.5 Å². The molecule has 3 N–H and O–H groups in total. The molecule has 1 aromatic rings. The third-order valence-corrected chi connectivity index (χ3v) is 8.73. The van der Waals surface area contributed by atoms with Crippen LogP contribution in [0, 0.1) is 17.8 Å². The van der Waals surface area contributed by atoms with Gasteiger partial charge in [0.25, 0.3) is 0 Å². The van der Waals surface area contributed by atoms with Gasteiger partial charge in [-0.3, -0.25) is 4.79 Å². The van der Waals surface area contributed by atoms with E-state index in [4.69, 9.17) is 30.0 Å². The van der Waals surface area contributed by atoms with Crippen LogP contribution in [0.15, 0.2) is 70.3 Å². The second-order valence-electron chi connectivity index (χ2n) is 12.8. The average Bonchev–Trinajstić information content (AvgIpc) is 3.18. The number of nitrogens with two attached hydrogens (primary N) is 1. The summed E-state index contributed by atoms with van der Waals surface area (Å²) in [6.45, 7) is 9.36. The molecule has 9 nitrogen and oxygen atoms in total. The van der Waals surface area contributed by atoms with E-state index in [1.165, 1.54) is 0 Å². The van der Waals surface area contributed by atoms with Gasteiger partial charge in [-0.25, -0.2) is 0 Å². The molecular formula is C36H51BN4O5. The van der Waals surface area contributed by atoms with E-state index in [9.17, 15) is 4.79 Å². The Labute approximate surface area is 275 Å². The molecule has 1 saturated carbocycles. The van der Waals surface area contributed by atoms with Gasteiger partial charge in [0.2, 0.25) is 0 Å². The first kappa shape index (κ1) is 35.0. The molecule has 46 heavy (non-hydrogen) atoms.